The molecule has 2 aromatic carbocycles. The van der Waals surface area contributed by atoms with Crippen molar-refractivity contribution in [1.29, 1.82) is 0 Å². The number of nitrogens with one attached hydrogen (secondary N) is 1. The average Bonchev–Trinajstić information content (AvgIpc) is 3.47. The number of rotatable bonds is 4. The number of nitrogens with zero attached hydrogens (tertiary/aromatic N) is 5. The first-order chi connectivity index (χ1) is 16.0. The van der Waals surface area contributed by atoms with Crippen LogP contribution in [0, 0.1) is 11.6 Å². The summed E-state index contributed by atoms with van der Waals surface area (Å²) in [6, 6.07) is 15.6. The molecule has 1 saturated heterocycles. The molecule has 10 heteroatoms. The summed E-state index contributed by atoms with van der Waals surface area (Å²) in [7, 11) is 0. The molecule has 4 aromatic rings. The SMILES string of the molecule is O=C(Nc1ccccc1)N(I)c1cnc2ccc(N3CCCC3c3cc(F)ccc3F)nn12. The third kappa shape index (κ3) is 4.22. The number of aromatic nitrogens is 3. The zero-order valence-corrected chi connectivity index (χ0v) is 19.5. The summed E-state index contributed by atoms with van der Waals surface area (Å²) in [5.74, 6) is 0.159. The number of fused-ring (bicyclic) bond motifs is 1. The molecule has 0 bridgehead atoms. The second kappa shape index (κ2) is 8.93. The maximum Gasteiger partial charge on any atom is 0.336 e. The summed E-state index contributed by atoms with van der Waals surface area (Å²) in [6.07, 6.45) is 3.08. The minimum absolute atomic E-state index is 0.318. The second-order valence-corrected chi connectivity index (χ2v) is 8.64. The van der Waals surface area contributed by atoms with Crippen LogP contribution in [0.3, 0.4) is 0 Å². The molecule has 0 radical (unpaired) electrons. The summed E-state index contributed by atoms with van der Waals surface area (Å²) in [4.78, 5) is 19.1. The number of hydrogen-bond donors (Lipinski definition) is 1. The summed E-state index contributed by atoms with van der Waals surface area (Å²) in [6.45, 7) is 0.658. The van der Waals surface area contributed by atoms with Crippen LogP contribution in [0.2, 0.25) is 0 Å². The number of urea groups is 1. The minimum Gasteiger partial charge on any atom is -0.348 e. The highest BCUT2D eigenvalue weighted by Gasteiger charge is 2.30. The van der Waals surface area contributed by atoms with Crippen LogP contribution < -0.4 is 13.3 Å². The smallest absolute Gasteiger partial charge is 0.336 e. The zero-order chi connectivity index (χ0) is 22.9. The minimum atomic E-state index is -0.469. The van der Waals surface area contributed by atoms with Gasteiger partial charge in [-0.3, -0.25) is 0 Å². The van der Waals surface area contributed by atoms with E-state index in [2.05, 4.69) is 10.3 Å². The van der Waals surface area contributed by atoms with Crippen LogP contribution in [0.4, 0.5) is 30.9 Å². The summed E-state index contributed by atoms with van der Waals surface area (Å²) >= 11 is 1.90. The molecule has 5 rings (SSSR count). The molecule has 1 atom stereocenters. The Hall–Kier alpha value is -3.28. The quantitative estimate of drug-likeness (QED) is 0.256. The number of amides is 2. The molecule has 33 heavy (non-hydrogen) atoms. The zero-order valence-electron chi connectivity index (χ0n) is 17.3. The van der Waals surface area contributed by atoms with E-state index in [4.69, 9.17) is 5.10 Å². The number of benzene rings is 2. The van der Waals surface area contributed by atoms with E-state index in [9.17, 15) is 13.6 Å². The van der Waals surface area contributed by atoms with Gasteiger partial charge in [0.15, 0.2) is 11.5 Å². The standard InChI is InChI=1S/C23H19F2IN6O/c24-15-8-9-18(25)17(13-15)19-7-4-12-30(19)21-11-10-20-27-14-22(32(20)29-21)31(26)23(33)28-16-5-2-1-3-6-16/h1-3,5-6,8-11,13-14,19H,4,7,12H2,(H,28,33). The number of anilines is 3. The lowest BCUT2D eigenvalue weighted by Gasteiger charge is -2.26. The molecule has 0 spiro atoms. The number of carbonyl (C=O) groups is 1. The molecular weight excluding hydrogens is 541 g/mol. The summed E-state index contributed by atoms with van der Waals surface area (Å²) in [5.41, 5.74) is 1.55. The van der Waals surface area contributed by atoms with Crippen LogP contribution in [-0.2, 0) is 0 Å². The molecule has 2 amide bonds. The molecule has 1 unspecified atom stereocenters. The van der Waals surface area contributed by atoms with Gasteiger partial charge in [0.2, 0.25) is 0 Å². The second-order valence-electron chi connectivity index (χ2n) is 7.67. The van der Waals surface area contributed by atoms with Gasteiger partial charge in [0.05, 0.1) is 35.1 Å². The molecule has 3 heterocycles. The van der Waals surface area contributed by atoms with Gasteiger partial charge >= 0.3 is 6.03 Å². The molecule has 0 aliphatic carbocycles. The van der Waals surface area contributed by atoms with E-state index in [0.717, 1.165) is 18.6 Å². The van der Waals surface area contributed by atoms with Gasteiger partial charge in [-0.15, -0.1) is 5.10 Å². The third-order valence-corrected chi connectivity index (χ3v) is 6.53. The third-order valence-electron chi connectivity index (χ3n) is 5.60. The molecule has 7 nitrogen and oxygen atoms in total. The Bertz CT molecular complexity index is 1320. The molecule has 1 aliphatic rings. The first-order valence-corrected chi connectivity index (χ1v) is 11.4. The fourth-order valence-corrected chi connectivity index (χ4v) is 4.52. The Morgan fingerprint density at radius 2 is 1.94 bits per heavy atom. The Balaban J connectivity index is 1.45. The summed E-state index contributed by atoms with van der Waals surface area (Å²) in [5, 5.41) is 7.52. The van der Waals surface area contributed by atoms with E-state index in [0.29, 0.717) is 41.5 Å². The van der Waals surface area contributed by atoms with Crippen LogP contribution in [0.15, 0.2) is 66.9 Å². The fraction of sp³-hybridized carbons (Fsp3) is 0.174. The number of hydrogen-bond acceptors (Lipinski definition) is 4. The van der Waals surface area contributed by atoms with E-state index in [-0.39, 0.29) is 12.1 Å². The molecular formula is C23H19F2IN6O. The monoisotopic (exact) mass is 560 g/mol. The first kappa shape index (κ1) is 21.6. The van der Waals surface area contributed by atoms with Crippen molar-refractivity contribution in [3.63, 3.8) is 0 Å². The number of para-hydroxylation sites is 1. The normalized spacial score (nSPS) is 15.7. The van der Waals surface area contributed by atoms with Crippen LogP contribution >= 0.6 is 22.9 Å². The number of imidazole rings is 1. The van der Waals surface area contributed by atoms with Gasteiger partial charge in [-0.05, 0) is 55.3 Å². The Morgan fingerprint density at radius 3 is 2.76 bits per heavy atom. The van der Waals surface area contributed by atoms with E-state index < -0.39 is 11.6 Å². The highest BCUT2D eigenvalue weighted by molar-refractivity contribution is 14.1. The molecule has 168 valence electrons. The van der Waals surface area contributed by atoms with Crippen LogP contribution in [-0.4, -0.2) is 27.2 Å². The topological polar surface area (TPSA) is 65.8 Å². The molecule has 1 fully saturated rings. The first-order valence-electron chi connectivity index (χ1n) is 10.4. The van der Waals surface area contributed by atoms with Gasteiger partial charge in [0, 0.05) is 17.8 Å². The van der Waals surface area contributed by atoms with Crippen LogP contribution in [0.1, 0.15) is 24.4 Å². The van der Waals surface area contributed by atoms with Gasteiger partial charge in [0.25, 0.3) is 0 Å². The molecule has 2 aromatic heterocycles. The predicted molar refractivity (Wildman–Crippen MR) is 131 cm³/mol. The fourth-order valence-electron chi connectivity index (χ4n) is 4.07. The maximum atomic E-state index is 14.5. The van der Waals surface area contributed by atoms with E-state index >= 15 is 0 Å². The van der Waals surface area contributed by atoms with Crippen molar-refractivity contribution in [1.82, 2.24) is 14.6 Å². The van der Waals surface area contributed by atoms with Crippen molar-refractivity contribution < 1.29 is 13.6 Å². The largest absolute Gasteiger partial charge is 0.348 e. The highest BCUT2D eigenvalue weighted by Crippen LogP contribution is 2.37. The van der Waals surface area contributed by atoms with E-state index in [1.807, 2.05) is 52.0 Å². The summed E-state index contributed by atoms with van der Waals surface area (Å²) < 4.78 is 31.3. The Labute approximate surface area is 202 Å². The molecule has 1 aliphatic heterocycles. The average molecular weight is 560 g/mol. The number of halogens is 3. The van der Waals surface area contributed by atoms with Crippen molar-refractivity contribution in [2.24, 2.45) is 0 Å². The highest BCUT2D eigenvalue weighted by atomic mass is 127. The van der Waals surface area contributed by atoms with Crippen molar-refractivity contribution in [2.45, 2.75) is 18.9 Å². The molecule has 0 saturated carbocycles. The van der Waals surface area contributed by atoms with Gasteiger partial charge in [-0.2, -0.15) is 4.52 Å². The van der Waals surface area contributed by atoms with Crippen molar-refractivity contribution >= 4 is 51.9 Å². The van der Waals surface area contributed by atoms with Gasteiger partial charge < -0.3 is 10.2 Å². The van der Waals surface area contributed by atoms with Crippen LogP contribution in [0.25, 0.3) is 5.65 Å². The molecule has 1 N–H and O–H groups in total. The Kier molecular flexibility index (Phi) is 5.83. The number of carbonyl (C=O) groups excluding carboxylic acids is 1. The van der Waals surface area contributed by atoms with Crippen LogP contribution in [0.5, 0.6) is 0 Å². The van der Waals surface area contributed by atoms with Crippen molar-refractivity contribution in [2.75, 3.05) is 19.9 Å². The lowest BCUT2D eigenvalue weighted by atomic mass is 10.0. The van der Waals surface area contributed by atoms with Gasteiger partial charge in [-0.25, -0.2) is 21.7 Å². The van der Waals surface area contributed by atoms with Crippen molar-refractivity contribution in [3.05, 3.63) is 84.1 Å². The van der Waals surface area contributed by atoms with E-state index in [1.54, 1.807) is 28.9 Å². The van der Waals surface area contributed by atoms with Gasteiger partial charge in [0.1, 0.15) is 17.5 Å². The lowest BCUT2D eigenvalue weighted by molar-refractivity contribution is 0.260. The predicted octanol–water partition coefficient (Wildman–Crippen LogP) is 5.74. The Morgan fingerprint density at radius 1 is 1.12 bits per heavy atom. The lowest BCUT2D eigenvalue weighted by Crippen LogP contribution is -2.28. The van der Waals surface area contributed by atoms with Gasteiger partial charge in [-0.1, -0.05) is 18.2 Å². The van der Waals surface area contributed by atoms with E-state index in [1.165, 1.54) is 9.18 Å². The van der Waals surface area contributed by atoms with Crippen molar-refractivity contribution in [3.8, 4) is 0 Å². The maximum absolute atomic E-state index is 14.5.